The molecule has 48 valence electrons. The zero-order valence-electron chi connectivity index (χ0n) is 4.96. The Morgan fingerprint density at radius 2 is 1.78 bits per heavy atom. The van der Waals surface area contributed by atoms with Crippen molar-refractivity contribution in [3.8, 4) is 0 Å². The van der Waals surface area contributed by atoms with Crippen LogP contribution in [0.15, 0.2) is 12.8 Å². The van der Waals surface area contributed by atoms with Crippen LogP contribution in [0.4, 0.5) is 0 Å². The van der Waals surface area contributed by atoms with Gasteiger partial charge in [0, 0.05) is 19.0 Å². The van der Waals surface area contributed by atoms with Gasteiger partial charge in [-0.1, -0.05) is 6.58 Å². The third-order valence-corrected chi connectivity index (χ3v) is 1.27. The van der Waals surface area contributed by atoms with Crippen LogP contribution in [0.5, 0.6) is 0 Å². The summed E-state index contributed by atoms with van der Waals surface area (Å²) >= 11 is 0. The average Bonchev–Trinajstić information content (AvgIpc) is 2.12. The highest BCUT2D eigenvalue weighted by Crippen LogP contribution is 2.10. The van der Waals surface area contributed by atoms with Gasteiger partial charge < -0.3 is 0 Å². The summed E-state index contributed by atoms with van der Waals surface area (Å²) in [5, 5.41) is 0. The molecule has 0 spiro atoms. The molecule has 9 heavy (non-hydrogen) atoms. The van der Waals surface area contributed by atoms with E-state index in [1.807, 2.05) is 0 Å². The van der Waals surface area contributed by atoms with Gasteiger partial charge in [-0.25, -0.2) is 0 Å². The van der Waals surface area contributed by atoms with E-state index in [0.717, 1.165) is 4.90 Å². The van der Waals surface area contributed by atoms with Crippen LogP contribution < -0.4 is 0 Å². The van der Waals surface area contributed by atoms with Crippen LogP contribution in [0.2, 0.25) is 0 Å². The lowest BCUT2D eigenvalue weighted by Gasteiger charge is -2.03. The second-order valence-corrected chi connectivity index (χ2v) is 1.84. The molecule has 0 bridgehead atoms. The number of rotatable bonds is 1. The molecule has 3 heteroatoms. The fourth-order valence-corrected chi connectivity index (χ4v) is 0.797. The molecule has 0 atom stereocenters. The van der Waals surface area contributed by atoms with Crippen LogP contribution in [0.3, 0.4) is 0 Å². The molecule has 0 aromatic heterocycles. The Balaban J connectivity index is 2.77. The van der Waals surface area contributed by atoms with Crippen molar-refractivity contribution < 1.29 is 9.59 Å². The Kier molecular flexibility index (Phi) is 1.34. The third kappa shape index (κ3) is 0.850. The van der Waals surface area contributed by atoms with Crippen molar-refractivity contribution in [1.82, 2.24) is 4.90 Å². The summed E-state index contributed by atoms with van der Waals surface area (Å²) in [6.45, 7) is 3.33. The van der Waals surface area contributed by atoms with E-state index < -0.39 is 0 Å². The Morgan fingerprint density at radius 1 is 1.33 bits per heavy atom. The summed E-state index contributed by atoms with van der Waals surface area (Å²) < 4.78 is 0. The van der Waals surface area contributed by atoms with Gasteiger partial charge in [-0.3, -0.25) is 14.5 Å². The van der Waals surface area contributed by atoms with Crippen LogP contribution in [-0.2, 0) is 9.59 Å². The molecule has 1 saturated heterocycles. The summed E-state index contributed by atoms with van der Waals surface area (Å²) in [4.78, 5) is 22.4. The van der Waals surface area contributed by atoms with Crippen molar-refractivity contribution in [2.24, 2.45) is 0 Å². The first-order valence-corrected chi connectivity index (χ1v) is 2.73. The molecule has 1 heterocycles. The van der Waals surface area contributed by atoms with E-state index in [9.17, 15) is 9.59 Å². The number of imide groups is 1. The molecule has 0 unspecified atom stereocenters. The van der Waals surface area contributed by atoms with Crippen molar-refractivity contribution in [1.29, 1.82) is 0 Å². The van der Waals surface area contributed by atoms with Crippen molar-refractivity contribution in [2.45, 2.75) is 12.8 Å². The number of carbonyl (C=O) groups excluding carboxylic acids is 2. The molecular weight excluding hydrogens is 118 g/mol. The van der Waals surface area contributed by atoms with Gasteiger partial charge >= 0.3 is 0 Å². The highest BCUT2D eigenvalue weighted by molar-refractivity contribution is 6.02. The van der Waals surface area contributed by atoms with Gasteiger partial charge in [0.1, 0.15) is 0 Å². The molecule has 0 saturated carbocycles. The van der Waals surface area contributed by atoms with Gasteiger partial charge in [0.2, 0.25) is 11.8 Å². The SMILES string of the molecule is C=CN1C(=O)CCC1=O. The number of nitrogens with zero attached hydrogens (tertiary/aromatic N) is 1. The standard InChI is InChI=1S/C6H7NO2/c1-2-7-5(8)3-4-6(7)9/h2H,1,3-4H2. The highest BCUT2D eigenvalue weighted by Gasteiger charge is 2.25. The molecule has 0 N–H and O–H groups in total. The van der Waals surface area contributed by atoms with Gasteiger partial charge in [0.25, 0.3) is 0 Å². The first kappa shape index (κ1) is 6.01. The van der Waals surface area contributed by atoms with Gasteiger partial charge in [-0.2, -0.15) is 0 Å². The first-order valence-electron chi connectivity index (χ1n) is 2.73. The molecule has 1 fully saturated rings. The Morgan fingerprint density at radius 3 is 2.00 bits per heavy atom. The maximum atomic E-state index is 10.6. The number of amides is 2. The molecule has 0 radical (unpaired) electrons. The predicted molar refractivity (Wildman–Crippen MR) is 31.3 cm³/mol. The number of hydrogen-bond donors (Lipinski definition) is 0. The Hall–Kier alpha value is -1.12. The molecule has 0 aromatic rings. The summed E-state index contributed by atoms with van der Waals surface area (Å²) in [5.41, 5.74) is 0. The lowest BCUT2D eigenvalue weighted by molar-refractivity contribution is -0.135. The number of hydrogen-bond acceptors (Lipinski definition) is 2. The van der Waals surface area contributed by atoms with Gasteiger partial charge in [-0.15, -0.1) is 0 Å². The van der Waals surface area contributed by atoms with Crippen LogP contribution in [0.1, 0.15) is 12.8 Å². The molecule has 1 aliphatic rings. The molecule has 1 rings (SSSR count). The highest BCUT2D eigenvalue weighted by atomic mass is 16.2. The van der Waals surface area contributed by atoms with E-state index in [0.29, 0.717) is 12.8 Å². The normalized spacial score (nSPS) is 18.9. The smallest absolute Gasteiger partial charge is 0.233 e. The van der Waals surface area contributed by atoms with Crippen LogP contribution in [0.25, 0.3) is 0 Å². The Bertz CT molecular complexity index is 158. The second kappa shape index (κ2) is 2.01. The fourth-order valence-electron chi connectivity index (χ4n) is 0.797. The summed E-state index contributed by atoms with van der Waals surface area (Å²) in [6, 6.07) is 0. The van der Waals surface area contributed by atoms with E-state index in [1.54, 1.807) is 0 Å². The Labute approximate surface area is 53.0 Å². The van der Waals surface area contributed by atoms with Crippen molar-refractivity contribution in [2.75, 3.05) is 0 Å². The van der Waals surface area contributed by atoms with Crippen molar-refractivity contribution >= 4 is 11.8 Å². The minimum absolute atomic E-state index is 0.144. The van der Waals surface area contributed by atoms with Gasteiger partial charge in [-0.05, 0) is 0 Å². The maximum absolute atomic E-state index is 10.6. The number of likely N-dealkylation sites (tertiary alicyclic amines) is 1. The zero-order valence-corrected chi connectivity index (χ0v) is 4.96. The van der Waals surface area contributed by atoms with Crippen LogP contribution in [0, 0.1) is 0 Å². The molecule has 0 aliphatic carbocycles. The average molecular weight is 125 g/mol. The second-order valence-electron chi connectivity index (χ2n) is 1.84. The summed E-state index contributed by atoms with van der Waals surface area (Å²) in [7, 11) is 0. The predicted octanol–water partition coefficient (Wildman–Crippen LogP) is 0.279. The van der Waals surface area contributed by atoms with Crippen LogP contribution in [-0.4, -0.2) is 16.7 Å². The first-order chi connectivity index (χ1) is 4.25. The van der Waals surface area contributed by atoms with E-state index in [2.05, 4.69) is 6.58 Å². The maximum Gasteiger partial charge on any atom is 0.233 e. The fraction of sp³-hybridized carbons (Fsp3) is 0.333. The van der Waals surface area contributed by atoms with E-state index in [-0.39, 0.29) is 11.8 Å². The molecule has 3 nitrogen and oxygen atoms in total. The van der Waals surface area contributed by atoms with Crippen molar-refractivity contribution in [3.05, 3.63) is 12.8 Å². The third-order valence-electron chi connectivity index (χ3n) is 1.27. The summed E-state index contributed by atoms with van der Waals surface area (Å²) in [6.07, 6.45) is 1.94. The van der Waals surface area contributed by atoms with Crippen molar-refractivity contribution in [3.63, 3.8) is 0 Å². The lowest BCUT2D eigenvalue weighted by atomic mass is 10.4. The van der Waals surface area contributed by atoms with E-state index in [4.69, 9.17) is 0 Å². The lowest BCUT2D eigenvalue weighted by Crippen LogP contribution is -2.21. The minimum atomic E-state index is -0.144. The van der Waals surface area contributed by atoms with Crippen LogP contribution >= 0.6 is 0 Å². The molecule has 2 amide bonds. The largest absolute Gasteiger partial charge is 0.274 e. The zero-order chi connectivity index (χ0) is 6.85. The molecular formula is C6H7NO2. The van der Waals surface area contributed by atoms with E-state index >= 15 is 0 Å². The molecule has 1 aliphatic heterocycles. The summed E-state index contributed by atoms with van der Waals surface area (Å²) in [5.74, 6) is -0.287. The quantitative estimate of drug-likeness (QED) is 0.472. The molecule has 0 aromatic carbocycles. The van der Waals surface area contributed by atoms with Gasteiger partial charge in [0.05, 0.1) is 0 Å². The van der Waals surface area contributed by atoms with E-state index in [1.165, 1.54) is 6.20 Å². The monoisotopic (exact) mass is 125 g/mol. The topological polar surface area (TPSA) is 37.4 Å². The van der Waals surface area contributed by atoms with Gasteiger partial charge in [0.15, 0.2) is 0 Å². The minimum Gasteiger partial charge on any atom is -0.274 e. The number of carbonyl (C=O) groups is 2.